The van der Waals surface area contributed by atoms with Crippen molar-refractivity contribution in [3.63, 3.8) is 0 Å². The maximum Gasteiger partial charge on any atom is 0.220 e. The first-order valence-corrected chi connectivity index (χ1v) is 7.55. The molecule has 0 aromatic heterocycles. The first kappa shape index (κ1) is 14.3. The van der Waals surface area contributed by atoms with E-state index in [0.717, 1.165) is 0 Å². The Morgan fingerprint density at radius 1 is 1.47 bits per heavy atom. The van der Waals surface area contributed by atoms with Crippen molar-refractivity contribution in [1.29, 1.82) is 0 Å². The van der Waals surface area contributed by atoms with Crippen LogP contribution in [-0.2, 0) is 4.79 Å². The van der Waals surface area contributed by atoms with Crippen LogP contribution in [0.4, 0.5) is 4.39 Å². The van der Waals surface area contributed by atoms with Gasteiger partial charge in [-0.25, -0.2) is 4.39 Å². The summed E-state index contributed by atoms with van der Waals surface area (Å²) in [6.07, 6.45) is 2.75. The van der Waals surface area contributed by atoms with Gasteiger partial charge in [0.25, 0.3) is 0 Å². The summed E-state index contributed by atoms with van der Waals surface area (Å²) in [5, 5.41) is 2.83. The number of hydrogen-bond donors (Lipinski definition) is 2. The summed E-state index contributed by atoms with van der Waals surface area (Å²) in [5.41, 5.74) is 5.90. The molecular formula is C14H19FN2OS. The molecule has 0 aliphatic heterocycles. The van der Waals surface area contributed by atoms with Gasteiger partial charge in [-0.3, -0.25) is 4.79 Å². The lowest BCUT2D eigenvalue weighted by Gasteiger charge is -2.11. The van der Waals surface area contributed by atoms with Crippen molar-refractivity contribution in [3.05, 3.63) is 30.1 Å². The van der Waals surface area contributed by atoms with Crippen molar-refractivity contribution in [3.8, 4) is 0 Å². The predicted octanol–water partition coefficient (Wildman–Crippen LogP) is 2.16. The van der Waals surface area contributed by atoms with Crippen molar-refractivity contribution in [2.24, 2.45) is 11.7 Å². The van der Waals surface area contributed by atoms with Crippen LogP contribution >= 0.6 is 11.8 Å². The minimum atomic E-state index is -0.233. The van der Waals surface area contributed by atoms with Gasteiger partial charge in [-0.1, -0.05) is 12.1 Å². The summed E-state index contributed by atoms with van der Waals surface area (Å²) in [5.74, 6) is 0.919. The summed E-state index contributed by atoms with van der Waals surface area (Å²) in [6, 6.07) is 6.69. The van der Waals surface area contributed by atoms with Crippen LogP contribution in [0.15, 0.2) is 29.2 Å². The molecule has 3 N–H and O–H groups in total. The lowest BCUT2D eigenvalue weighted by Crippen LogP contribution is -2.38. The van der Waals surface area contributed by atoms with Gasteiger partial charge >= 0.3 is 0 Å². The van der Waals surface area contributed by atoms with Crippen molar-refractivity contribution in [2.75, 3.05) is 12.3 Å². The smallest absolute Gasteiger partial charge is 0.220 e. The summed E-state index contributed by atoms with van der Waals surface area (Å²) in [6.45, 7) is 0.549. The van der Waals surface area contributed by atoms with E-state index in [-0.39, 0.29) is 17.8 Å². The second-order valence-corrected chi connectivity index (χ2v) is 5.97. The van der Waals surface area contributed by atoms with E-state index >= 15 is 0 Å². The fourth-order valence-corrected chi connectivity index (χ4v) is 2.71. The first-order valence-electron chi connectivity index (χ1n) is 6.56. The molecule has 0 saturated heterocycles. The number of amides is 1. The van der Waals surface area contributed by atoms with Gasteiger partial charge in [0.1, 0.15) is 5.82 Å². The highest BCUT2D eigenvalue weighted by Crippen LogP contribution is 2.31. The summed E-state index contributed by atoms with van der Waals surface area (Å²) in [7, 11) is 0. The quantitative estimate of drug-likeness (QED) is 0.754. The van der Waals surface area contributed by atoms with Crippen LogP contribution in [-0.4, -0.2) is 24.2 Å². The van der Waals surface area contributed by atoms with Gasteiger partial charge in [0.05, 0.1) is 0 Å². The molecule has 1 aromatic carbocycles. The number of nitrogens with one attached hydrogen (secondary N) is 1. The Labute approximate surface area is 117 Å². The van der Waals surface area contributed by atoms with Crippen molar-refractivity contribution < 1.29 is 9.18 Å². The summed E-state index contributed by atoms with van der Waals surface area (Å²) >= 11 is 1.36. The fraction of sp³-hybridized carbons (Fsp3) is 0.500. The second-order valence-electron chi connectivity index (χ2n) is 4.83. The lowest BCUT2D eigenvalue weighted by molar-refractivity contribution is -0.120. The number of rotatable bonds is 7. The zero-order chi connectivity index (χ0) is 13.7. The molecule has 0 heterocycles. The van der Waals surface area contributed by atoms with Crippen LogP contribution in [0.3, 0.4) is 0 Å². The highest BCUT2D eigenvalue weighted by molar-refractivity contribution is 7.99. The zero-order valence-electron chi connectivity index (χ0n) is 10.8. The molecule has 5 heteroatoms. The van der Waals surface area contributed by atoms with E-state index in [4.69, 9.17) is 5.73 Å². The van der Waals surface area contributed by atoms with Crippen LogP contribution in [0.1, 0.15) is 19.3 Å². The molecule has 0 spiro atoms. The Hall–Kier alpha value is -1.07. The maximum absolute atomic E-state index is 13.3. The van der Waals surface area contributed by atoms with E-state index < -0.39 is 0 Å². The summed E-state index contributed by atoms with van der Waals surface area (Å²) in [4.78, 5) is 12.2. The Kier molecular flexibility index (Phi) is 5.22. The van der Waals surface area contributed by atoms with Crippen LogP contribution < -0.4 is 11.1 Å². The van der Waals surface area contributed by atoms with Gasteiger partial charge < -0.3 is 11.1 Å². The number of thioether (sulfide) groups is 1. The third-order valence-corrected chi connectivity index (χ3v) is 4.24. The number of nitrogens with two attached hydrogens (primary N) is 1. The maximum atomic E-state index is 13.3. The minimum Gasteiger partial charge on any atom is -0.355 e. The summed E-state index contributed by atoms with van der Waals surface area (Å²) < 4.78 is 13.3. The SMILES string of the molecule is NC(CNC(=O)CCSc1ccccc1F)C1CC1. The molecule has 1 fully saturated rings. The topological polar surface area (TPSA) is 55.1 Å². The molecule has 19 heavy (non-hydrogen) atoms. The molecular weight excluding hydrogens is 263 g/mol. The number of carbonyl (C=O) groups is 1. The van der Waals surface area contributed by atoms with E-state index in [0.29, 0.717) is 29.5 Å². The fourth-order valence-electron chi connectivity index (χ4n) is 1.83. The van der Waals surface area contributed by atoms with E-state index in [9.17, 15) is 9.18 Å². The van der Waals surface area contributed by atoms with Gasteiger partial charge in [-0.05, 0) is 30.9 Å². The van der Waals surface area contributed by atoms with Gasteiger partial charge in [-0.2, -0.15) is 0 Å². The van der Waals surface area contributed by atoms with E-state index in [2.05, 4.69) is 5.32 Å². The molecule has 0 bridgehead atoms. The molecule has 1 aromatic rings. The monoisotopic (exact) mass is 282 g/mol. The zero-order valence-corrected chi connectivity index (χ0v) is 11.6. The number of halogens is 1. The highest BCUT2D eigenvalue weighted by Gasteiger charge is 2.28. The van der Waals surface area contributed by atoms with Crippen molar-refractivity contribution in [1.82, 2.24) is 5.32 Å². The first-order chi connectivity index (χ1) is 9.16. The lowest BCUT2D eigenvalue weighted by atomic mass is 10.2. The Morgan fingerprint density at radius 2 is 2.21 bits per heavy atom. The Bertz CT molecular complexity index is 437. The molecule has 1 saturated carbocycles. The molecule has 1 aliphatic carbocycles. The van der Waals surface area contributed by atoms with Gasteiger partial charge in [-0.15, -0.1) is 11.8 Å². The van der Waals surface area contributed by atoms with E-state index in [1.54, 1.807) is 18.2 Å². The molecule has 1 aliphatic rings. The van der Waals surface area contributed by atoms with Crippen LogP contribution in [0, 0.1) is 11.7 Å². The molecule has 2 rings (SSSR count). The number of carbonyl (C=O) groups excluding carboxylic acids is 1. The Morgan fingerprint density at radius 3 is 2.89 bits per heavy atom. The van der Waals surface area contributed by atoms with Crippen LogP contribution in [0.2, 0.25) is 0 Å². The van der Waals surface area contributed by atoms with Gasteiger partial charge in [0.2, 0.25) is 5.91 Å². The highest BCUT2D eigenvalue weighted by atomic mass is 32.2. The van der Waals surface area contributed by atoms with Crippen LogP contribution in [0.25, 0.3) is 0 Å². The van der Waals surface area contributed by atoms with Crippen molar-refractivity contribution >= 4 is 17.7 Å². The second kappa shape index (κ2) is 6.91. The van der Waals surface area contributed by atoms with Gasteiger partial charge in [0.15, 0.2) is 0 Å². The average molecular weight is 282 g/mol. The van der Waals surface area contributed by atoms with Crippen molar-refractivity contribution in [2.45, 2.75) is 30.2 Å². The molecule has 104 valence electrons. The normalized spacial score (nSPS) is 16.1. The molecule has 1 amide bonds. The minimum absolute atomic E-state index is 0.0139. The standard InChI is InChI=1S/C14H19FN2OS/c15-11-3-1-2-4-13(11)19-8-7-14(18)17-9-12(16)10-5-6-10/h1-4,10,12H,5-9,16H2,(H,17,18). The largest absolute Gasteiger partial charge is 0.355 e. The average Bonchev–Trinajstić information content (AvgIpc) is 3.22. The number of benzene rings is 1. The molecule has 1 unspecified atom stereocenters. The molecule has 3 nitrogen and oxygen atoms in total. The van der Waals surface area contributed by atoms with Gasteiger partial charge in [0, 0.05) is 29.7 Å². The number of hydrogen-bond acceptors (Lipinski definition) is 3. The Balaban J connectivity index is 1.62. The van der Waals surface area contributed by atoms with E-state index in [1.165, 1.54) is 30.7 Å². The third-order valence-electron chi connectivity index (χ3n) is 3.19. The molecule has 0 radical (unpaired) electrons. The van der Waals surface area contributed by atoms with Crippen LogP contribution in [0.5, 0.6) is 0 Å². The third kappa shape index (κ3) is 4.84. The van der Waals surface area contributed by atoms with E-state index in [1.807, 2.05) is 0 Å². The predicted molar refractivity (Wildman–Crippen MR) is 75.5 cm³/mol. The molecule has 1 atom stereocenters.